The monoisotopic (exact) mass is 359 g/mol. The molecule has 0 radical (unpaired) electrons. The molecular formula is C12H15BrClN5O. The van der Waals surface area contributed by atoms with Crippen molar-refractivity contribution in [3.8, 4) is 0 Å². The first-order chi connectivity index (χ1) is 9.45. The van der Waals surface area contributed by atoms with Gasteiger partial charge in [0.2, 0.25) is 0 Å². The van der Waals surface area contributed by atoms with Crippen LogP contribution in [0.25, 0.3) is 0 Å². The summed E-state index contributed by atoms with van der Waals surface area (Å²) in [6.07, 6.45) is 1.71. The first-order valence-corrected chi connectivity index (χ1v) is 7.30. The molecule has 20 heavy (non-hydrogen) atoms. The zero-order valence-corrected chi connectivity index (χ0v) is 13.8. The van der Waals surface area contributed by atoms with E-state index in [4.69, 9.17) is 11.6 Å². The number of carbonyl (C=O) groups excluding carboxylic acids is 1. The van der Waals surface area contributed by atoms with E-state index in [0.717, 1.165) is 22.4 Å². The number of rotatable bonds is 4. The number of hydrogen-bond acceptors (Lipinski definition) is 3. The number of halogens is 2. The summed E-state index contributed by atoms with van der Waals surface area (Å²) in [4.78, 5) is 12.1. The highest BCUT2D eigenvalue weighted by Gasteiger charge is 2.18. The van der Waals surface area contributed by atoms with Gasteiger partial charge < -0.3 is 5.32 Å². The van der Waals surface area contributed by atoms with E-state index < -0.39 is 0 Å². The summed E-state index contributed by atoms with van der Waals surface area (Å²) in [7, 11) is 1.75. The van der Waals surface area contributed by atoms with Gasteiger partial charge in [0.05, 0.1) is 33.6 Å². The first kappa shape index (κ1) is 15.1. The van der Waals surface area contributed by atoms with E-state index in [9.17, 15) is 4.79 Å². The number of aryl methyl sites for hydroxylation is 2. The summed E-state index contributed by atoms with van der Waals surface area (Å²) in [6.45, 7) is 4.90. The fourth-order valence-electron chi connectivity index (χ4n) is 1.81. The van der Waals surface area contributed by atoms with Crippen molar-refractivity contribution in [2.75, 3.05) is 0 Å². The van der Waals surface area contributed by atoms with E-state index in [-0.39, 0.29) is 11.6 Å². The summed E-state index contributed by atoms with van der Waals surface area (Å²) in [6, 6.07) is 0. The third-order valence-electron chi connectivity index (χ3n) is 3.09. The maximum atomic E-state index is 12.1. The molecular weight excluding hydrogens is 346 g/mol. The van der Waals surface area contributed by atoms with Gasteiger partial charge in [0.25, 0.3) is 5.91 Å². The molecule has 0 bridgehead atoms. The van der Waals surface area contributed by atoms with Gasteiger partial charge in [-0.25, -0.2) is 0 Å². The fourth-order valence-corrected chi connectivity index (χ4v) is 2.49. The summed E-state index contributed by atoms with van der Waals surface area (Å²) in [5.74, 6) is -0.297. The maximum Gasteiger partial charge on any atom is 0.273 e. The standard InChI is InChI=1S/C12H15BrClN5O/c1-4-19-9(8(13)5-16-19)6-15-12(20)11-10(14)7(2)18(3)17-11/h5H,4,6H2,1-3H3,(H,15,20). The number of nitrogens with zero attached hydrogens (tertiary/aromatic N) is 4. The number of hydrogen-bond donors (Lipinski definition) is 1. The van der Waals surface area contributed by atoms with Crippen molar-refractivity contribution in [3.05, 3.63) is 32.8 Å². The van der Waals surface area contributed by atoms with Crippen LogP contribution in [0.4, 0.5) is 0 Å². The lowest BCUT2D eigenvalue weighted by Gasteiger charge is -2.07. The molecule has 0 atom stereocenters. The van der Waals surface area contributed by atoms with Crippen LogP contribution in [-0.4, -0.2) is 25.5 Å². The second-order valence-electron chi connectivity index (χ2n) is 4.31. The van der Waals surface area contributed by atoms with Crippen LogP contribution < -0.4 is 5.32 Å². The third-order valence-corrected chi connectivity index (χ3v) is 4.20. The van der Waals surface area contributed by atoms with Crippen LogP contribution in [-0.2, 0) is 20.1 Å². The summed E-state index contributed by atoms with van der Waals surface area (Å²) < 4.78 is 4.27. The Hall–Kier alpha value is -1.34. The Morgan fingerprint density at radius 1 is 1.55 bits per heavy atom. The fraction of sp³-hybridized carbons (Fsp3) is 0.417. The van der Waals surface area contributed by atoms with E-state index in [1.165, 1.54) is 0 Å². The Labute approximate surface area is 130 Å². The predicted molar refractivity (Wildman–Crippen MR) is 79.7 cm³/mol. The van der Waals surface area contributed by atoms with Crippen LogP contribution in [0, 0.1) is 6.92 Å². The second-order valence-corrected chi connectivity index (χ2v) is 5.54. The minimum Gasteiger partial charge on any atom is -0.345 e. The van der Waals surface area contributed by atoms with Crippen molar-refractivity contribution in [3.63, 3.8) is 0 Å². The van der Waals surface area contributed by atoms with Gasteiger partial charge in [-0.3, -0.25) is 14.2 Å². The lowest BCUT2D eigenvalue weighted by Crippen LogP contribution is -2.25. The molecule has 1 amide bonds. The van der Waals surface area contributed by atoms with Crippen LogP contribution in [0.2, 0.25) is 5.02 Å². The number of carbonyl (C=O) groups is 1. The Balaban J connectivity index is 2.12. The minimum absolute atomic E-state index is 0.241. The van der Waals surface area contributed by atoms with Crippen molar-refractivity contribution in [1.82, 2.24) is 24.9 Å². The van der Waals surface area contributed by atoms with Crippen LogP contribution in [0.5, 0.6) is 0 Å². The molecule has 0 aliphatic rings. The molecule has 0 aliphatic carbocycles. The van der Waals surface area contributed by atoms with Crippen molar-refractivity contribution >= 4 is 33.4 Å². The third kappa shape index (κ3) is 2.73. The summed E-state index contributed by atoms with van der Waals surface area (Å²) >= 11 is 9.50. The molecule has 2 heterocycles. The van der Waals surface area contributed by atoms with E-state index in [1.807, 2.05) is 18.5 Å². The molecule has 0 aliphatic heterocycles. The van der Waals surface area contributed by atoms with Crippen LogP contribution in [0.3, 0.4) is 0 Å². The van der Waals surface area contributed by atoms with Gasteiger partial charge in [0.1, 0.15) is 0 Å². The van der Waals surface area contributed by atoms with Crippen molar-refractivity contribution in [2.24, 2.45) is 7.05 Å². The zero-order chi connectivity index (χ0) is 14.9. The van der Waals surface area contributed by atoms with Gasteiger partial charge in [-0.05, 0) is 29.8 Å². The molecule has 0 fully saturated rings. The second kappa shape index (κ2) is 5.97. The maximum absolute atomic E-state index is 12.1. The Kier molecular flexibility index (Phi) is 4.49. The normalized spacial score (nSPS) is 10.8. The van der Waals surface area contributed by atoms with E-state index in [0.29, 0.717) is 11.6 Å². The highest BCUT2D eigenvalue weighted by molar-refractivity contribution is 9.10. The highest BCUT2D eigenvalue weighted by atomic mass is 79.9. The predicted octanol–water partition coefficient (Wildman–Crippen LogP) is 2.29. The van der Waals surface area contributed by atoms with Crippen LogP contribution >= 0.6 is 27.5 Å². The van der Waals surface area contributed by atoms with Gasteiger partial charge in [0.15, 0.2) is 5.69 Å². The molecule has 0 saturated carbocycles. The smallest absolute Gasteiger partial charge is 0.273 e. The molecule has 2 rings (SSSR count). The van der Waals surface area contributed by atoms with Gasteiger partial charge in [-0.1, -0.05) is 11.6 Å². The molecule has 108 valence electrons. The van der Waals surface area contributed by atoms with E-state index in [1.54, 1.807) is 17.9 Å². The molecule has 8 heteroatoms. The van der Waals surface area contributed by atoms with Crippen molar-refractivity contribution in [2.45, 2.75) is 26.9 Å². The molecule has 2 aromatic rings. The summed E-state index contributed by atoms with van der Waals surface area (Å²) in [5, 5.41) is 11.5. The van der Waals surface area contributed by atoms with Gasteiger partial charge >= 0.3 is 0 Å². The Morgan fingerprint density at radius 3 is 2.80 bits per heavy atom. The molecule has 2 aromatic heterocycles. The average Bonchev–Trinajstić information content (AvgIpc) is 2.91. The quantitative estimate of drug-likeness (QED) is 0.910. The Morgan fingerprint density at radius 2 is 2.25 bits per heavy atom. The largest absolute Gasteiger partial charge is 0.345 e. The topological polar surface area (TPSA) is 64.7 Å². The molecule has 0 spiro atoms. The number of aromatic nitrogens is 4. The van der Waals surface area contributed by atoms with Crippen molar-refractivity contribution in [1.29, 1.82) is 0 Å². The van der Waals surface area contributed by atoms with Crippen LogP contribution in [0.15, 0.2) is 10.7 Å². The molecule has 0 saturated heterocycles. The van der Waals surface area contributed by atoms with E-state index in [2.05, 4.69) is 31.4 Å². The molecule has 6 nitrogen and oxygen atoms in total. The average molecular weight is 361 g/mol. The molecule has 1 N–H and O–H groups in total. The summed E-state index contributed by atoms with van der Waals surface area (Å²) in [5.41, 5.74) is 1.91. The highest BCUT2D eigenvalue weighted by Crippen LogP contribution is 2.20. The SMILES string of the molecule is CCn1ncc(Br)c1CNC(=O)c1nn(C)c(C)c1Cl. The lowest BCUT2D eigenvalue weighted by molar-refractivity contribution is 0.0944. The van der Waals surface area contributed by atoms with Gasteiger partial charge in [-0.15, -0.1) is 0 Å². The number of amides is 1. The Bertz CT molecular complexity index is 649. The molecule has 0 aromatic carbocycles. The van der Waals surface area contributed by atoms with E-state index >= 15 is 0 Å². The lowest BCUT2D eigenvalue weighted by atomic mass is 10.3. The molecule has 0 unspecified atom stereocenters. The first-order valence-electron chi connectivity index (χ1n) is 6.13. The van der Waals surface area contributed by atoms with Crippen LogP contribution in [0.1, 0.15) is 28.8 Å². The minimum atomic E-state index is -0.297. The van der Waals surface area contributed by atoms with Crippen molar-refractivity contribution < 1.29 is 4.79 Å². The van der Waals surface area contributed by atoms with Gasteiger partial charge in [-0.2, -0.15) is 10.2 Å². The number of nitrogens with one attached hydrogen (secondary N) is 1. The zero-order valence-electron chi connectivity index (χ0n) is 11.4. The van der Waals surface area contributed by atoms with Gasteiger partial charge in [0, 0.05) is 13.6 Å².